The number of amides is 1. The Morgan fingerprint density at radius 2 is 2.00 bits per heavy atom. The van der Waals surface area contributed by atoms with Crippen molar-refractivity contribution in [3.05, 3.63) is 54.8 Å². The Morgan fingerprint density at radius 3 is 2.74 bits per heavy atom. The maximum absolute atomic E-state index is 13.0. The van der Waals surface area contributed by atoms with Crippen LogP contribution in [0.25, 0.3) is 22.3 Å². The van der Waals surface area contributed by atoms with Crippen molar-refractivity contribution in [3.8, 4) is 17.3 Å². The van der Waals surface area contributed by atoms with Crippen molar-refractivity contribution >= 4 is 16.9 Å². The third kappa shape index (κ3) is 4.48. The third-order valence-corrected chi connectivity index (χ3v) is 7.42. The number of halogens is 3. The van der Waals surface area contributed by atoms with E-state index in [1.165, 1.54) is 17.3 Å². The molecule has 14 heteroatoms. The molecule has 1 atom stereocenters. The van der Waals surface area contributed by atoms with Crippen molar-refractivity contribution in [2.45, 2.75) is 37.0 Å². The zero-order valence-electron chi connectivity index (χ0n) is 21.5. The van der Waals surface area contributed by atoms with E-state index >= 15 is 0 Å². The lowest BCUT2D eigenvalue weighted by molar-refractivity contribution is -0.145. The van der Waals surface area contributed by atoms with Crippen LogP contribution in [-0.4, -0.2) is 82.6 Å². The summed E-state index contributed by atoms with van der Waals surface area (Å²) in [6, 6.07) is 5.20. The van der Waals surface area contributed by atoms with E-state index in [0.717, 1.165) is 17.1 Å². The van der Waals surface area contributed by atoms with E-state index in [1.807, 2.05) is 12.3 Å². The lowest BCUT2D eigenvalue weighted by Crippen LogP contribution is -2.60. The van der Waals surface area contributed by atoms with Gasteiger partial charge in [-0.05, 0) is 25.0 Å². The molecule has 2 aliphatic rings. The standard InChI is InChI=1S/C25H23F3N10O/c26-25(27,28)23-31-6-2-19(35-23)22(39)37-9-7-36(8-10-37)17-11-24(12-17,3-4-29)38-14-16(13-34-38)20-18-1-5-30-21(18)33-15-32-20/h1-2,5-6,13-15,17H,3,7-12H2,(H,30,32,33)/t17-,24+/i3D/t3?,17-,24+. The van der Waals surface area contributed by atoms with Gasteiger partial charge >= 0.3 is 6.18 Å². The number of carbonyl (C=O) groups excluding carboxylic acids is 1. The number of nitriles is 1. The average Bonchev–Trinajstić information content (AvgIpc) is 3.62. The first kappa shape index (κ1) is 23.7. The molecule has 1 aliphatic carbocycles. The molecule has 39 heavy (non-hydrogen) atoms. The summed E-state index contributed by atoms with van der Waals surface area (Å²) in [5.41, 5.74) is 1.05. The van der Waals surface area contributed by atoms with Gasteiger partial charge in [-0.3, -0.25) is 14.4 Å². The van der Waals surface area contributed by atoms with Crippen LogP contribution in [0, 0.1) is 11.3 Å². The van der Waals surface area contributed by atoms with Gasteiger partial charge in [0.15, 0.2) is 0 Å². The van der Waals surface area contributed by atoms with E-state index in [4.69, 9.17) is 1.37 Å². The summed E-state index contributed by atoms with van der Waals surface area (Å²) in [5.74, 6) is -1.92. The molecule has 0 spiro atoms. The summed E-state index contributed by atoms with van der Waals surface area (Å²) in [6.45, 7) is 1.66. The molecule has 0 radical (unpaired) electrons. The Kier molecular flexibility index (Phi) is 5.73. The summed E-state index contributed by atoms with van der Waals surface area (Å²) >= 11 is 0. The number of nitrogens with one attached hydrogen (secondary N) is 1. The normalized spacial score (nSPS) is 23.2. The predicted octanol–water partition coefficient (Wildman–Crippen LogP) is 2.86. The fourth-order valence-corrected chi connectivity index (χ4v) is 5.36. The highest BCUT2D eigenvalue weighted by Gasteiger charge is 2.49. The zero-order valence-corrected chi connectivity index (χ0v) is 20.5. The number of hydrogen-bond donors (Lipinski definition) is 1. The molecule has 1 N–H and O–H groups in total. The number of nitrogens with zero attached hydrogens (tertiary/aromatic N) is 9. The van der Waals surface area contributed by atoms with E-state index < -0.39 is 29.8 Å². The SMILES string of the molecule is [2H]C(C#N)[C@]1(n2cc(-c3ncnc4[nH]ccc34)cn2)C[C@@H](N2CCN(C(=O)c3ccnc(C(F)(F)F)n3)CC2)C1. The second-order valence-electron chi connectivity index (χ2n) is 9.67. The van der Waals surface area contributed by atoms with Crippen molar-refractivity contribution in [3.63, 3.8) is 0 Å². The van der Waals surface area contributed by atoms with E-state index in [2.05, 4.69) is 41.0 Å². The molecule has 0 aromatic carbocycles. The molecule has 6 rings (SSSR count). The van der Waals surface area contributed by atoms with Gasteiger partial charge in [-0.2, -0.15) is 23.5 Å². The molecular weight excluding hydrogens is 513 g/mol. The van der Waals surface area contributed by atoms with Gasteiger partial charge in [0, 0.05) is 63.1 Å². The zero-order chi connectivity index (χ0) is 28.1. The second kappa shape index (κ2) is 9.42. The summed E-state index contributed by atoms with van der Waals surface area (Å²) in [6.07, 6.45) is 2.94. The fourth-order valence-electron chi connectivity index (χ4n) is 5.36. The minimum Gasteiger partial charge on any atom is -0.346 e. The number of rotatable bonds is 5. The minimum atomic E-state index is -4.73. The van der Waals surface area contributed by atoms with Crippen molar-refractivity contribution < 1.29 is 19.3 Å². The summed E-state index contributed by atoms with van der Waals surface area (Å²) in [7, 11) is 0. The van der Waals surface area contributed by atoms with Gasteiger partial charge in [-0.15, -0.1) is 0 Å². The Morgan fingerprint density at radius 1 is 1.21 bits per heavy atom. The van der Waals surface area contributed by atoms with E-state index in [0.29, 0.717) is 50.4 Å². The average molecular weight is 538 g/mol. The Balaban J connectivity index is 1.13. The van der Waals surface area contributed by atoms with Crippen LogP contribution in [0.3, 0.4) is 0 Å². The Bertz CT molecular complexity index is 1600. The maximum Gasteiger partial charge on any atom is 0.451 e. The predicted molar refractivity (Wildman–Crippen MR) is 131 cm³/mol. The Hall–Kier alpha value is -4.38. The highest BCUT2D eigenvalue weighted by atomic mass is 19.4. The van der Waals surface area contributed by atoms with Gasteiger partial charge < -0.3 is 9.88 Å². The lowest BCUT2D eigenvalue weighted by Gasteiger charge is -2.52. The van der Waals surface area contributed by atoms with Crippen LogP contribution in [0.15, 0.2) is 43.2 Å². The Labute approximate surface area is 221 Å². The third-order valence-electron chi connectivity index (χ3n) is 7.42. The molecular formula is C25H23F3N10O. The van der Waals surface area contributed by atoms with Crippen molar-refractivity contribution in [2.24, 2.45) is 0 Å². The number of aromatic amines is 1. The lowest BCUT2D eigenvalue weighted by atomic mass is 9.70. The monoisotopic (exact) mass is 537 g/mol. The van der Waals surface area contributed by atoms with Gasteiger partial charge in [-0.1, -0.05) is 0 Å². The maximum atomic E-state index is 13.0. The van der Waals surface area contributed by atoms with E-state index in [1.54, 1.807) is 17.1 Å². The molecule has 5 heterocycles. The first-order valence-corrected chi connectivity index (χ1v) is 12.3. The van der Waals surface area contributed by atoms with Gasteiger partial charge in [0.25, 0.3) is 5.91 Å². The van der Waals surface area contributed by atoms with Crippen LogP contribution >= 0.6 is 0 Å². The van der Waals surface area contributed by atoms with E-state index in [-0.39, 0.29) is 11.7 Å². The van der Waals surface area contributed by atoms with Crippen LogP contribution in [0.4, 0.5) is 13.2 Å². The first-order chi connectivity index (χ1) is 19.2. The van der Waals surface area contributed by atoms with Gasteiger partial charge in [0.05, 0.1) is 29.9 Å². The molecule has 1 amide bonds. The second-order valence-corrected chi connectivity index (χ2v) is 9.67. The van der Waals surface area contributed by atoms with Crippen LogP contribution in [0.2, 0.25) is 0 Å². The molecule has 4 aromatic heterocycles. The number of H-pyrrole nitrogens is 1. The quantitative estimate of drug-likeness (QED) is 0.411. The molecule has 200 valence electrons. The van der Waals surface area contributed by atoms with Gasteiger partial charge in [0.1, 0.15) is 17.7 Å². The number of aromatic nitrogens is 7. The highest BCUT2D eigenvalue weighted by molar-refractivity contribution is 5.92. The van der Waals surface area contributed by atoms with Crippen LogP contribution in [0.5, 0.6) is 0 Å². The molecule has 11 nitrogen and oxygen atoms in total. The van der Waals surface area contributed by atoms with Crippen molar-refractivity contribution in [1.82, 2.24) is 44.5 Å². The first-order valence-electron chi connectivity index (χ1n) is 12.9. The van der Waals surface area contributed by atoms with E-state index in [9.17, 15) is 23.2 Å². The number of piperazine rings is 1. The topological polar surface area (TPSA) is 133 Å². The van der Waals surface area contributed by atoms with Crippen molar-refractivity contribution in [2.75, 3.05) is 26.2 Å². The summed E-state index contributed by atoms with van der Waals surface area (Å²) < 4.78 is 49.1. The van der Waals surface area contributed by atoms with Gasteiger partial charge in [0.2, 0.25) is 5.82 Å². The number of carbonyl (C=O) groups is 1. The molecule has 1 saturated carbocycles. The summed E-state index contributed by atoms with van der Waals surface area (Å²) in [5, 5.41) is 15.0. The van der Waals surface area contributed by atoms with Crippen LogP contribution in [-0.2, 0) is 11.7 Å². The van der Waals surface area contributed by atoms with Crippen LogP contribution in [0.1, 0.15) is 36.9 Å². The fraction of sp³-hybridized carbons (Fsp3) is 0.400. The highest BCUT2D eigenvalue weighted by Crippen LogP contribution is 2.45. The molecule has 0 bridgehead atoms. The van der Waals surface area contributed by atoms with Crippen molar-refractivity contribution in [1.29, 1.82) is 5.26 Å². The minimum absolute atomic E-state index is 0.0671. The number of alkyl halides is 3. The molecule has 4 aromatic rings. The summed E-state index contributed by atoms with van der Waals surface area (Å²) in [4.78, 5) is 34.8. The molecule has 2 fully saturated rings. The molecule has 1 aliphatic heterocycles. The smallest absolute Gasteiger partial charge is 0.346 e. The van der Waals surface area contributed by atoms with Crippen LogP contribution < -0.4 is 0 Å². The number of hydrogen-bond acceptors (Lipinski definition) is 8. The molecule has 1 saturated heterocycles. The number of fused-ring (bicyclic) bond motifs is 1. The largest absolute Gasteiger partial charge is 0.451 e. The molecule has 1 unspecified atom stereocenters. The van der Waals surface area contributed by atoms with Gasteiger partial charge in [-0.25, -0.2) is 19.9 Å².